The number of para-hydroxylation sites is 2. The first kappa shape index (κ1) is 36.3. The van der Waals surface area contributed by atoms with Crippen LogP contribution in [-0.2, 0) is 0 Å². The Balaban J connectivity index is 1.03. The zero-order valence-electron chi connectivity index (χ0n) is 34.1. The fourth-order valence-electron chi connectivity index (χ4n) is 9.05. The van der Waals surface area contributed by atoms with Gasteiger partial charge in [-0.2, -0.15) is 0 Å². The van der Waals surface area contributed by atoms with Crippen molar-refractivity contribution in [3.63, 3.8) is 0 Å². The lowest BCUT2D eigenvalue weighted by molar-refractivity contribution is 0.669. The lowest BCUT2D eigenvalue weighted by Crippen LogP contribution is -2.10. The van der Waals surface area contributed by atoms with Crippen LogP contribution in [-0.4, -0.2) is 14.5 Å². The molecule has 0 saturated carbocycles. The first-order valence-corrected chi connectivity index (χ1v) is 21.2. The molecule has 3 heterocycles. The largest absolute Gasteiger partial charge is 0.456 e. The van der Waals surface area contributed by atoms with E-state index in [4.69, 9.17) is 14.4 Å². The molecule has 0 saturated heterocycles. The summed E-state index contributed by atoms with van der Waals surface area (Å²) in [5.41, 5.74) is 15.3. The number of aromatic nitrogens is 3. The van der Waals surface area contributed by atoms with Crippen molar-refractivity contribution in [3.8, 4) is 50.6 Å². The first-order chi connectivity index (χ1) is 31.2. The van der Waals surface area contributed by atoms with E-state index in [2.05, 4.69) is 204 Å². The summed E-state index contributed by atoms with van der Waals surface area (Å²) in [5.74, 6) is 0.691. The second-order valence-electron chi connectivity index (χ2n) is 15.8. The molecule has 0 N–H and O–H groups in total. The van der Waals surface area contributed by atoms with Crippen molar-refractivity contribution in [1.82, 2.24) is 14.5 Å². The van der Waals surface area contributed by atoms with E-state index >= 15 is 0 Å². The van der Waals surface area contributed by atoms with Gasteiger partial charge in [0.2, 0.25) is 0 Å². The fraction of sp³-hybridized carbons (Fsp3) is 0. The summed E-state index contributed by atoms with van der Waals surface area (Å²) < 4.78 is 8.67. The summed E-state index contributed by atoms with van der Waals surface area (Å²) in [6, 6.07) is 80.9. The molecule has 5 heteroatoms. The molecule has 0 aliphatic rings. The number of fused-ring (bicyclic) bond motifs is 6. The summed E-state index contributed by atoms with van der Waals surface area (Å²) >= 11 is 0. The maximum Gasteiger partial charge on any atom is 0.162 e. The van der Waals surface area contributed by atoms with Gasteiger partial charge in [-0.05, 0) is 89.0 Å². The first-order valence-electron chi connectivity index (χ1n) is 21.2. The molecule has 0 fully saturated rings. The Bertz CT molecular complexity index is 3580. The monoisotopic (exact) mass is 806 g/mol. The molecule has 0 unspecified atom stereocenters. The van der Waals surface area contributed by atoms with E-state index in [1.54, 1.807) is 0 Å². The third kappa shape index (κ3) is 6.34. The molecule has 0 bridgehead atoms. The number of nitrogens with zero attached hydrogens (tertiary/aromatic N) is 4. The molecule has 12 rings (SSSR count). The van der Waals surface area contributed by atoms with Crippen LogP contribution in [0, 0.1) is 0 Å². The van der Waals surface area contributed by atoms with E-state index in [-0.39, 0.29) is 0 Å². The predicted molar refractivity (Wildman–Crippen MR) is 260 cm³/mol. The molecule has 12 aromatic rings. The topological polar surface area (TPSA) is 47.1 Å². The smallest absolute Gasteiger partial charge is 0.162 e. The van der Waals surface area contributed by atoms with E-state index in [1.165, 1.54) is 11.1 Å². The lowest BCUT2D eigenvalue weighted by atomic mass is 10.00. The maximum atomic E-state index is 6.39. The van der Waals surface area contributed by atoms with Gasteiger partial charge in [0.15, 0.2) is 5.82 Å². The zero-order chi connectivity index (χ0) is 41.7. The van der Waals surface area contributed by atoms with Gasteiger partial charge in [0.25, 0.3) is 0 Å². The Morgan fingerprint density at radius 2 is 0.921 bits per heavy atom. The maximum absolute atomic E-state index is 6.39. The number of rotatable bonds is 8. The van der Waals surface area contributed by atoms with E-state index in [1.807, 2.05) is 36.4 Å². The fourth-order valence-corrected chi connectivity index (χ4v) is 9.05. The molecule has 0 radical (unpaired) electrons. The molecule has 63 heavy (non-hydrogen) atoms. The van der Waals surface area contributed by atoms with Gasteiger partial charge < -0.3 is 9.32 Å². The number of benzene rings is 9. The highest BCUT2D eigenvalue weighted by Gasteiger charge is 2.23. The second-order valence-corrected chi connectivity index (χ2v) is 15.8. The van der Waals surface area contributed by atoms with Crippen LogP contribution in [0.1, 0.15) is 0 Å². The van der Waals surface area contributed by atoms with E-state index in [0.717, 1.165) is 94.6 Å². The molecule has 296 valence electrons. The third-order valence-corrected chi connectivity index (χ3v) is 12.0. The molecular weight excluding hydrogens is 769 g/mol. The van der Waals surface area contributed by atoms with Crippen LogP contribution in [0.25, 0.3) is 94.5 Å². The van der Waals surface area contributed by atoms with Crippen LogP contribution in [0.4, 0.5) is 17.1 Å². The molecule has 5 nitrogen and oxygen atoms in total. The highest BCUT2D eigenvalue weighted by Crippen LogP contribution is 2.44. The van der Waals surface area contributed by atoms with Gasteiger partial charge >= 0.3 is 0 Å². The molecule has 0 atom stereocenters. The minimum absolute atomic E-state index is 0.691. The molecule has 3 aromatic heterocycles. The highest BCUT2D eigenvalue weighted by atomic mass is 16.3. The Morgan fingerprint density at radius 1 is 0.381 bits per heavy atom. The van der Waals surface area contributed by atoms with E-state index < -0.39 is 0 Å². The number of hydrogen-bond donors (Lipinski definition) is 0. The van der Waals surface area contributed by atoms with Crippen LogP contribution >= 0.6 is 0 Å². The van der Waals surface area contributed by atoms with Gasteiger partial charge in [-0.25, -0.2) is 9.97 Å². The van der Waals surface area contributed by atoms with Crippen molar-refractivity contribution in [2.24, 2.45) is 0 Å². The molecule has 0 aliphatic heterocycles. The lowest BCUT2D eigenvalue weighted by Gasteiger charge is -2.26. The zero-order valence-corrected chi connectivity index (χ0v) is 34.1. The molecule has 9 aromatic carbocycles. The van der Waals surface area contributed by atoms with Crippen LogP contribution in [0.2, 0.25) is 0 Å². The van der Waals surface area contributed by atoms with Gasteiger partial charge in [-0.3, -0.25) is 4.57 Å². The van der Waals surface area contributed by atoms with Crippen LogP contribution in [0.15, 0.2) is 235 Å². The SMILES string of the molecule is c1ccc(-c2ccc(N(c3ccc(-c4ccc5c(c4)c4c(-c6ccccc6)nc(-c6ccccc6)nc4n5-c4ccccc4)cc3)c3cccc4oc5ccccc5c34)cc2)cc1. The Labute approximate surface area is 364 Å². The van der Waals surface area contributed by atoms with E-state index in [9.17, 15) is 0 Å². The summed E-state index contributed by atoms with van der Waals surface area (Å²) in [5, 5.41) is 4.27. The van der Waals surface area contributed by atoms with Crippen molar-refractivity contribution in [3.05, 3.63) is 231 Å². The van der Waals surface area contributed by atoms with Gasteiger partial charge in [-0.15, -0.1) is 0 Å². The van der Waals surface area contributed by atoms with Crippen molar-refractivity contribution in [2.45, 2.75) is 0 Å². The average Bonchev–Trinajstić information content (AvgIpc) is 3.91. The van der Waals surface area contributed by atoms with Crippen LogP contribution < -0.4 is 4.90 Å². The van der Waals surface area contributed by atoms with Crippen LogP contribution in [0.5, 0.6) is 0 Å². The average molecular weight is 807 g/mol. The van der Waals surface area contributed by atoms with Crippen molar-refractivity contribution >= 4 is 60.9 Å². The van der Waals surface area contributed by atoms with Crippen molar-refractivity contribution in [2.75, 3.05) is 4.90 Å². The van der Waals surface area contributed by atoms with Crippen molar-refractivity contribution in [1.29, 1.82) is 0 Å². The van der Waals surface area contributed by atoms with Crippen molar-refractivity contribution < 1.29 is 4.42 Å². The molecule has 0 amide bonds. The van der Waals surface area contributed by atoms with Crippen LogP contribution in [0.3, 0.4) is 0 Å². The number of anilines is 3. The standard InChI is InChI=1S/C58H38N4O/c1-5-16-39(17-6-1)40-28-33-46(34-29-40)61(51-25-15-27-53-54(51)48-24-13-14-26-52(48)63-53)47-35-30-41(31-36-47)44-32-37-50-49(38-44)55-56(42-18-7-2-8-19-42)59-57(43-20-9-3-10-21-43)60-58(55)62(50)45-22-11-4-12-23-45/h1-38H. The number of furan rings is 1. The molecule has 0 aliphatic carbocycles. The Morgan fingerprint density at radius 3 is 1.60 bits per heavy atom. The minimum Gasteiger partial charge on any atom is -0.456 e. The quantitative estimate of drug-likeness (QED) is 0.153. The Hall–Kier alpha value is -8.54. The summed E-state index contributed by atoms with van der Waals surface area (Å²) in [6.07, 6.45) is 0. The minimum atomic E-state index is 0.691. The second kappa shape index (κ2) is 15.2. The number of hydrogen-bond acceptors (Lipinski definition) is 4. The molecular formula is C58H38N4O. The van der Waals surface area contributed by atoms with Gasteiger partial charge in [-0.1, -0.05) is 164 Å². The summed E-state index contributed by atoms with van der Waals surface area (Å²) in [4.78, 5) is 13.0. The van der Waals surface area contributed by atoms with Gasteiger partial charge in [0.05, 0.1) is 27.7 Å². The molecule has 0 spiro atoms. The highest BCUT2D eigenvalue weighted by molar-refractivity contribution is 6.15. The summed E-state index contributed by atoms with van der Waals surface area (Å²) in [7, 11) is 0. The van der Waals surface area contributed by atoms with Gasteiger partial charge in [0.1, 0.15) is 16.8 Å². The predicted octanol–water partition coefficient (Wildman–Crippen LogP) is 15.6. The van der Waals surface area contributed by atoms with E-state index in [0.29, 0.717) is 5.82 Å². The third-order valence-electron chi connectivity index (χ3n) is 12.0. The van der Waals surface area contributed by atoms with Gasteiger partial charge in [0, 0.05) is 39.0 Å². The Kier molecular flexibility index (Phi) is 8.75. The summed E-state index contributed by atoms with van der Waals surface area (Å²) in [6.45, 7) is 0. The normalized spacial score (nSPS) is 11.5.